The van der Waals surface area contributed by atoms with Crippen molar-refractivity contribution in [2.24, 2.45) is 0 Å². The second-order valence-corrected chi connectivity index (χ2v) is 6.08. The van der Waals surface area contributed by atoms with E-state index in [1.165, 1.54) is 23.6 Å². The predicted molar refractivity (Wildman–Crippen MR) is 70.8 cm³/mol. The van der Waals surface area contributed by atoms with Crippen molar-refractivity contribution in [2.45, 2.75) is 39.8 Å². The Labute approximate surface area is 101 Å². The smallest absolute Gasteiger partial charge is 0.0897 e. The highest BCUT2D eigenvalue weighted by atomic mass is 32.2. The van der Waals surface area contributed by atoms with Gasteiger partial charge in [0.05, 0.1) is 10.7 Å². The SMILES string of the molecule is CCSCCC(C)NCc1csc(C)n1. The average Bonchev–Trinajstić information content (AvgIpc) is 2.62. The van der Waals surface area contributed by atoms with Crippen LogP contribution in [-0.2, 0) is 6.54 Å². The van der Waals surface area contributed by atoms with Gasteiger partial charge in [0.2, 0.25) is 0 Å². The van der Waals surface area contributed by atoms with Crippen molar-refractivity contribution in [3.05, 3.63) is 16.1 Å². The average molecular weight is 244 g/mol. The second-order valence-electron chi connectivity index (χ2n) is 3.63. The third-order valence-corrected chi connectivity index (χ3v) is 3.95. The number of nitrogens with one attached hydrogen (secondary N) is 1. The van der Waals surface area contributed by atoms with E-state index < -0.39 is 0 Å². The van der Waals surface area contributed by atoms with Crippen LogP contribution in [0.15, 0.2) is 5.38 Å². The lowest BCUT2D eigenvalue weighted by molar-refractivity contribution is 0.533. The first-order valence-electron chi connectivity index (χ1n) is 5.44. The van der Waals surface area contributed by atoms with Crippen LogP contribution in [0, 0.1) is 6.92 Å². The van der Waals surface area contributed by atoms with E-state index in [9.17, 15) is 0 Å². The number of hydrogen-bond donors (Lipinski definition) is 1. The van der Waals surface area contributed by atoms with Crippen molar-refractivity contribution in [3.8, 4) is 0 Å². The summed E-state index contributed by atoms with van der Waals surface area (Å²) in [4.78, 5) is 4.43. The molecule has 0 aliphatic carbocycles. The van der Waals surface area contributed by atoms with Crippen molar-refractivity contribution in [3.63, 3.8) is 0 Å². The zero-order valence-electron chi connectivity index (χ0n) is 9.75. The molecule has 0 radical (unpaired) electrons. The largest absolute Gasteiger partial charge is 0.309 e. The number of rotatable bonds is 7. The highest BCUT2D eigenvalue weighted by Gasteiger charge is 2.03. The number of aryl methyl sites for hydroxylation is 1. The Kier molecular flexibility index (Phi) is 6.29. The Balaban J connectivity index is 2.13. The molecule has 0 saturated heterocycles. The lowest BCUT2D eigenvalue weighted by atomic mass is 10.2. The summed E-state index contributed by atoms with van der Waals surface area (Å²) in [5.74, 6) is 2.47. The number of aromatic nitrogens is 1. The van der Waals surface area contributed by atoms with Gasteiger partial charge in [-0.3, -0.25) is 0 Å². The Morgan fingerprint density at radius 2 is 2.40 bits per heavy atom. The number of hydrogen-bond acceptors (Lipinski definition) is 4. The number of nitrogens with zero attached hydrogens (tertiary/aromatic N) is 1. The van der Waals surface area contributed by atoms with Crippen molar-refractivity contribution in [1.82, 2.24) is 10.3 Å². The van der Waals surface area contributed by atoms with Crippen molar-refractivity contribution < 1.29 is 0 Å². The van der Waals surface area contributed by atoms with E-state index in [0.29, 0.717) is 6.04 Å². The third kappa shape index (κ3) is 5.54. The van der Waals surface area contributed by atoms with Crippen LogP contribution in [0.2, 0.25) is 0 Å². The molecule has 1 unspecified atom stereocenters. The minimum atomic E-state index is 0.589. The molecule has 0 spiro atoms. The maximum absolute atomic E-state index is 4.43. The molecule has 0 aromatic carbocycles. The Bertz CT molecular complexity index is 273. The van der Waals surface area contributed by atoms with Crippen LogP contribution in [-0.4, -0.2) is 22.5 Å². The van der Waals surface area contributed by atoms with E-state index in [1.807, 2.05) is 11.8 Å². The molecule has 0 amide bonds. The van der Waals surface area contributed by atoms with E-state index in [0.717, 1.165) is 11.6 Å². The second kappa shape index (κ2) is 7.25. The fourth-order valence-corrected chi connectivity index (χ4v) is 2.70. The fourth-order valence-electron chi connectivity index (χ4n) is 1.27. The summed E-state index contributed by atoms with van der Waals surface area (Å²) in [5.41, 5.74) is 1.17. The van der Waals surface area contributed by atoms with Crippen molar-refractivity contribution in [2.75, 3.05) is 11.5 Å². The van der Waals surface area contributed by atoms with Gasteiger partial charge in [0, 0.05) is 18.0 Å². The van der Waals surface area contributed by atoms with Crippen LogP contribution in [0.4, 0.5) is 0 Å². The van der Waals surface area contributed by atoms with Crippen molar-refractivity contribution >= 4 is 23.1 Å². The zero-order valence-corrected chi connectivity index (χ0v) is 11.4. The van der Waals surface area contributed by atoms with Crippen LogP contribution in [0.3, 0.4) is 0 Å². The first kappa shape index (κ1) is 13.0. The van der Waals surface area contributed by atoms with Gasteiger partial charge < -0.3 is 5.32 Å². The molecule has 0 aliphatic heterocycles. The van der Waals surface area contributed by atoms with E-state index in [2.05, 4.69) is 36.5 Å². The normalized spacial score (nSPS) is 13.0. The monoisotopic (exact) mass is 244 g/mol. The van der Waals surface area contributed by atoms with Gasteiger partial charge in [0.1, 0.15) is 0 Å². The van der Waals surface area contributed by atoms with Crippen molar-refractivity contribution in [1.29, 1.82) is 0 Å². The number of thiazole rings is 1. The lowest BCUT2D eigenvalue weighted by Crippen LogP contribution is -2.26. The summed E-state index contributed by atoms with van der Waals surface area (Å²) >= 11 is 3.73. The molecular weight excluding hydrogens is 224 g/mol. The van der Waals surface area contributed by atoms with E-state index >= 15 is 0 Å². The molecule has 0 saturated carbocycles. The Hall–Kier alpha value is -0.0600. The molecule has 1 aromatic heterocycles. The molecule has 1 rings (SSSR count). The molecule has 0 fully saturated rings. The molecular formula is C11H20N2S2. The van der Waals surface area contributed by atoms with Gasteiger partial charge in [-0.05, 0) is 31.8 Å². The fraction of sp³-hybridized carbons (Fsp3) is 0.727. The highest BCUT2D eigenvalue weighted by molar-refractivity contribution is 7.99. The molecule has 2 nitrogen and oxygen atoms in total. The molecule has 1 heterocycles. The van der Waals surface area contributed by atoms with Crippen LogP contribution in [0.25, 0.3) is 0 Å². The molecule has 15 heavy (non-hydrogen) atoms. The van der Waals surface area contributed by atoms with Crippen LogP contribution >= 0.6 is 23.1 Å². The van der Waals surface area contributed by atoms with Gasteiger partial charge in [-0.2, -0.15) is 11.8 Å². The van der Waals surface area contributed by atoms with Gasteiger partial charge in [0.25, 0.3) is 0 Å². The van der Waals surface area contributed by atoms with Gasteiger partial charge in [-0.1, -0.05) is 6.92 Å². The van der Waals surface area contributed by atoms with Gasteiger partial charge in [0.15, 0.2) is 0 Å². The topological polar surface area (TPSA) is 24.9 Å². The minimum Gasteiger partial charge on any atom is -0.309 e. The summed E-state index contributed by atoms with van der Waals surface area (Å²) in [6, 6.07) is 0.589. The molecule has 1 N–H and O–H groups in total. The summed E-state index contributed by atoms with van der Waals surface area (Å²) in [6.45, 7) is 7.41. The maximum Gasteiger partial charge on any atom is 0.0897 e. The third-order valence-electron chi connectivity index (χ3n) is 2.20. The highest BCUT2D eigenvalue weighted by Crippen LogP contribution is 2.08. The van der Waals surface area contributed by atoms with E-state index in [-0.39, 0.29) is 0 Å². The van der Waals surface area contributed by atoms with Crippen LogP contribution in [0.5, 0.6) is 0 Å². The van der Waals surface area contributed by atoms with Gasteiger partial charge in [-0.25, -0.2) is 4.98 Å². The standard InChI is InChI=1S/C11H20N2S2/c1-4-14-6-5-9(2)12-7-11-8-15-10(3)13-11/h8-9,12H,4-7H2,1-3H3. The zero-order chi connectivity index (χ0) is 11.1. The summed E-state index contributed by atoms with van der Waals surface area (Å²) in [7, 11) is 0. The minimum absolute atomic E-state index is 0.589. The molecule has 1 aromatic rings. The lowest BCUT2D eigenvalue weighted by Gasteiger charge is -2.11. The first-order valence-corrected chi connectivity index (χ1v) is 7.48. The van der Waals surface area contributed by atoms with Crippen LogP contribution in [0.1, 0.15) is 31.0 Å². The van der Waals surface area contributed by atoms with Crippen LogP contribution < -0.4 is 5.32 Å². The van der Waals surface area contributed by atoms with Gasteiger partial charge >= 0.3 is 0 Å². The first-order chi connectivity index (χ1) is 7.22. The van der Waals surface area contributed by atoms with E-state index in [4.69, 9.17) is 0 Å². The Morgan fingerprint density at radius 1 is 1.60 bits per heavy atom. The quantitative estimate of drug-likeness (QED) is 0.746. The molecule has 1 atom stereocenters. The number of thioether (sulfide) groups is 1. The molecule has 0 aliphatic rings. The Morgan fingerprint density at radius 3 is 3.00 bits per heavy atom. The summed E-state index contributed by atoms with van der Waals surface area (Å²) < 4.78 is 0. The summed E-state index contributed by atoms with van der Waals surface area (Å²) in [5, 5.41) is 6.79. The molecule has 0 bridgehead atoms. The molecule has 86 valence electrons. The maximum atomic E-state index is 4.43. The summed E-state index contributed by atoms with van der Waals surface area (Å²) in [6.07, 6.45) is 1.24. The van der Waals surface area contributed by atoms with E-state index in [1.54, 1.807) is 11.3 Å². The van der Waals surface area contributed by atoms with Gasteiger partial charge in [-0.15, -0.1) is 11.3 Å². The molecule has 4 heteroatoms. The predicted octanol–water partition coefficient (Wildman–Crippen LogP) is 3.07.